The van der Waals surface area contributed by atoms with Crippen LogP contribution < -0.4 is 9.47 Å². The van der Waals surface area contributed by atoms with Gasteiger partial charge in [0.2, 0.25) is 5.75 Å². The Balaban J connectivity index is 1.31. The van der Waals surface area contributed by atoms with Gasteiger partial charge in [0.1, 0.15) is 42.9 Å². The molecule has 0 spiro atoms. The van der Waals surface area contributed by atoms with Crippen LogP contribution in [0.15, 0.2) is 12.1 Å². The second kappa shape index (κ2) is 15.3. The number of carbonyl (C=O) groups is 2. The Bertz CT molecular complexity index is 1300. The summed E-state index contributed by atoms with van der Waals surface area (Å²) >= 11 is 0. The average Bonchev–Trinajstić information content (AvgIpc) is 3.33. The van der Waals surface area contributed by atoms with Gasteiger partial charge in [0.15, 0.2) is 29.7 Å². The van der Waals surface area contributed by atoms with Crippen molar-refractivity contribution in [2.24, 2.45) is 11.3 Å². The highest BCUT2D eigenvalue weighted by Gasteiger charge is 2.53. The summed E-state index contributed by atoms with van der Waals surface area (Å²) in [6.45, 7) is 5.58. The normalized spacial score (nSPS) is 36.7. The third-order valence-corrected chi connectivity index (χ3v) is 10.0. The summed E-state index contributed by atoms with van der Waals surface area (Å²) in [4.78, 5) is 24.8. The van der Waals surface area contributed by atoms with Gasteiger partial charge in [-0.3, -0.25) is 4.79 Å². The van der Waals surface area contributed by atoms with E-state index in [0.717, 1.165) is 0 Å². The van der Waals surface area contributed by atoms with E-state index in [2.05, 4.69) is 0 Å². The zero-order chi connectivity index (χ0) is 36.5. The molecule has 1 aliphatic carbocycles. The second-order valence-corrected chi connectivity index (χ2v) is 14.0. The molecule has 2 heterocycles. The molecule has 0 amide bonds. The molecule has 0 bridgehead atoms. The van der Waals surface area contributed by atoms with E-state index in [1.165, 1.54) is 26.4 Å². The van der Waals surface area contributed by atoms with Crippen LogP contribution in [0.3, 0.4) is 0 Å². The summed E-state index contributed by atoms with van der Waals surface area (Å²) in [5.41, 5.74) is -3.94. The predicted octanol–water partition coefficient (Wildman–Crippen LogP) is -0.220. The highest BCUT2D eigenvalue weighted by molar-refractivity contribution is 5.91. The van der Waals surface area contributed by atoms with Gasteiger partial charge in [-0.05, 0) is 37.8 Å². The fourth-order valence-electron chi connectivity index (χ4n) is 6.76. The molecule has 0 unspecified atom stereocenters. The Morgan fingerprint density at radius 1 is 1.02 bits per heavy atom. The van der Waals surface area contributed by atoms with E-state index in [9.17, 15) is 45.3 Å². The van der Waals surface area contributed by atoms with Crippen molar-refractivity contribution in [3.63, 3.8) is 0 Å². The van der Waals surface area contributed by atoms with Gasteiger partial charge < -0.3 is 68.9 Å². The zero-order valence-electron chi connectivity index (χ0n) is 28.6. The monoisotopic (exact) mass is 702 g/mol. The van der Waals surface area contributed by atoms with E-state index in [-0.39, 0.29) is 47.4 Å². The van der Waals surface area contributed by atoms with Crippen LogP contribution in [0, 0.1) is 11.3 Å². The number of hydrogen-bond acceptors (Lipinski definition) is 16. The summed E-state index contributed by atoms with van der Waals surface area (Å²) in [6, 6.07) is 2.42. The minimum atomic E-state index is -2.09. The molecule has 7 N–H and O–H groups in total. The number of ketones is 1. The molecule has 1 aromatic carbocycles. The first-order chi connectivity index (χ1) is 22.9. The fourth-order valence-corrected chi connectivity index (χ4v) is 6.76. The number of aliphatic hydroxyl groups is 6. The first kappa shape index (κ1) is 39.2. The number of esters is 1. The van der Waals surface area contributed by atoms with Gasteiger partial charge in [-0.25, -0.2) is 4.79 Å². The SMILES string of the molecule is COc1cc(C(=O)OC[C@@]2(O)CO[C@@H](OC[C@H]3O[C@@H](O[C@H](C)CC[C@@]4(O)[C@H](C)CC(=O)CC4(C)C)[C@H](O)[C@@H](O)[C@@H]3O)[C@@H]2O)cc(OC)c1O. The fraction of sp³-hybridized carbons (Fsp3) is 0.758. The Morgan fingerprint density at radius 2 is 1.65 bits per heavy atom. The minimum Gasteiger partial charge on any atom is -0.502 e. The molecular formula is C33H50O16. The lowest BCUT2D eigenvalue weighted by molar-refractivity contribution is -0.318. The lowest BCUT2D eigenvalue weighted by Gasteiger charge is -2.50. The molecule has 278 valence electrons. The van der Waals surface area contributed by atoms with E-state index < -0.39 is 91.6 Å². The molecule has 49 heavy (non-hydrogen) atoms. The molecular weight excluding hydrogens is 652 g/mol. The molecule has 0 radical (unpaired) electrons. The maximum atomic E-state index is 12.7. The van der Waals surface area contributed by atoms with Crippen LogP contribution in [0.2, 0.25) is 0 Å². The van der Waals surface area contributed by atoms with Gasteiger partial charge in [0.25, 0.3) is 0 Å². The number of Topliss-reactive ketones (excluding diaryl/α,β-unsaturated/α-hetero) is 1. The lowest BCUT2D eigenvalue weighted by Crippen LogP contribution is -2.60. The molecule has 3 fully saturated rings. The lowest BCUT2D eigenvalue weighted by atomic mass is 9.58. The summed E-state index contributed by atoms with van der Waals surface area (Å²) in [6.07, 6.45) is -10.2. The summed E-state index contributed by atoms with van der Waals surface area (Å²) in [5, 5.41) is 75.1. The molecule has 0 aromatic heterocycles. The molecule has 16 heteroatoms. The third-order valence-electron chi connectivity index (χ3n) is 10.0. The van der Waals surface area contributed by atoms with E-state index in [1.54, 1.807) is 6.92 Å². The topological polar surface area (TPSA) is 240 Å². The van der Waals surface area contributed by atoms with Gasteiger partial charge in [-0.1, -0.05) is 20.8 Å². The number of ether oxygens (including phenoxy) is 7. The van der Waals surface area contributed by atoms with Gasteiger partial charge in [0, 0.05) is 18.3 Å². The number of aromatic hydroxyl groups is 1. The molecule has 2 aliphatic heterocycles. The van der Waals surface area contributed by atoms with Crippen LogP contribution in [0.4, 0.5) is 0 Å². The minimum absolute atomic E-state index is 0.0509. The summed E-state index contributed by atoms with van der Waals surface area (Å²) < 4.78 is 37.9. The number of methoxy groups -OCH3 is 2. The van der Waals surface area contributed by atoms with Crippen LogP contribution in [-0.2, 0) is 28.5 Å². The number of phenolic OH excluding ortho intramolecular Hbond substituents is 1. The number of benzene rings is 1. The van der Waals surface area contributed by atoms with Crippen molar-refractivity contribution in [2.45, 2.75) is 114 Å². The van der Waals surface area contributed by atoms with Gasteiger partial charge in [0.05, 0.1) is 44.7 Å². The summed E-state index contributed by atoms with van der Waals surface area (Å²) in [5.74, 6) is -1.52. The van der Waals surface area contributed by atoms with Crippen molar-refractivity contribution in [1.29, 1.82) is 0 Å². The molecule has 16 nitrogen and oxygen atoms in total. The Morgan fingerprint density at radius 3 is 2.24 bits per heavy atom. The standard InChI is InChI=1S/C33H50O16/c1-16-9-19(34)12-31(3,4)33(16,42)8-7-17(2)48-29-26(38)25(37)24(36)22(49-29)13-45-30-27(39)32(41,15-47-30)14-46-28(40)18-10-20(43-5)23(35)21(11-18)44-6/h10-11,16-17,22,24-27,29-30,35-39,41-42H,7-9,12-15H2,1-6H3/t16-,17-,22-,24-,25+,26-,27+,29-,30-,32-,33-/m1/s1. The third kappa shape index (κ3) is 8.14. The number of phenols is 1. The molecule has 2 saturated heterocycles. The quantitative estimate of drug-likeness (QED) is 0.132. The van der Waals surface area contributed by atoms with Gasteiger partial charge in [-0.15, -0.1) is 0 Å². The van der Waals surface area contributed by atoms with Crippen LogP contribution in [0.5, 0.6) is 17.2 Å². The van der Waals surface area contributed by atoms with Crippen molar-refractivity contribution in [1.82, 2.24) is 0 Å². The smallest absolute Gasteiger partial charge is 0.338 e. The van der Waals surface area contributed by atoms with Crippen LogP contribution in [0.1, 0.15) is 63.7 Å². The number of carbonyl (C=O) groups excluding carboxylic acids is 2. The molecule has 11 atom stereocenters. The van der Waals surface area contributed by atoms with Crippen molar-refractivity contribution in [3.8, 4) is 17.2 Å². The Labute approximate surface area is 284 Å². The number of rotatable bonds is 13. The maximum absolute atomic E-state index is 12.7. The summed E-state index contributed by atoms with van der Waals surface area (Å²) in [7, 11) is 2.56. The first-order valence-electron chi connectivity index (χ1n) is 16.2. The molecule has 1 aromatic rings. The first-order valence-corrected chi connectivity index (χ1v) is 16.2. The van der Waals surface area contributed by atoms with E-state index in [1.807, 2.05) is 20.8 Å². The van der Waals surface area contributed by atoms with E-state index in [0.29, 0.717) is 12.8 Å². The van der Waals surface area contributed by atoms with E-state index >= 15 is 0 Å². The molecule has 3 aliphatic rings. The highest BCUT2D eigenvalue weighted by atomic mass is 16.7. The highest BCUT2D eigenvalue weighted by Crippen LogP contribution is 2.48. The van der Waals surface area contributed by atoms with Crippen molar-refractivity contribution < 1.29 is 78.5 Å². The van der Waals surface area contributed by atoms with Crippen LogP contribution >= 0.6 is 0 Å². The number of aliphatic hydroxyl groups excluding tert-OH is 4. The maximum Gasteiger partial charge on any atom is 0.338 e. The zero-order valence-corrected chi connectivity index (χ0v) is 28.6. The largest absolute Gasteiger partial charge is 0.502 e. The van der Waals surface area contributed by atoms with Crippen molar-refractivity contribution in [2.75, 3.05) is 34.0 Å². The molecule has 4 rings (SSSR count). The Hall–Kier alpha value is -2.64. The number of hydrogen-bond donors (Lipinski definition) is 7. The van der Waals surface area contributed by atoms with Gasteiger partial charge in [-0.2, -0.15) is 0 Å². The van der Waals surface area contributed by atoms with Gasteiger partial charge >= 0.3 is 5.97 Å². The average molecular weight is 703 g/mol. The van der Waals surface area contributed by atoms with E-state index in [4.69, 9.17) is 33.2 Å². The van der Waals surface area contributed by atoms with Crippen LogP contribution in [0.25, 0.3) is 0 Å². The predicted molar refractivity (Wildman–Crippen MR) is 167 cm³/mol. The second-order valence-electron chi connectivity index (χ2n) is 14.0. The van der Waals surface area contributed by atoms with Crippen LogP contribution in [-0.4, -0.2) is 142 Å². The molecule has 1 saturated carbocycles. The Kier molecular flexibility index (Phi) is 12.2. The van der Waals surface area contributed by atoms with Crippen molar-refractivity contribution in [3.05, 3.63) is 17.7 Å². The van der Waals surface area contributed by atoms with Crippen molar-refractivity contribution >= 4 is 11.8 Å².